The maximum absolute atomic E-state index is 12.6. The van der Waals surface area contributed by atoms with Gasteiger partial charge >= 0.3 is 0 Å². The van der Waals surface area contributed by atoms with Crippen molar-refractivity contribution in [2.24, 2.45) is 0 Å². The first-order valence-corrected chi connectivity index (χ1v) is 11.7. The Bertz CT molecular complexity index is 1080. The third-order valence-corrected chi connectivity index (χ3v) is 6.61. The van der Waals surface area contributed by atoms with Crippen LogP contribution in [0.4, 0.5) is 0 Å². The Morgan fingerprint density at radius 2 is 1.56 bits per heavy atom. The van der Waals surface area contributed by atoms with Gasteiger partial charge in [-0.3, -0.25) is 19.4 Å². The van der Waals surface area contributed by atoms with Crippen molar-refractivity contribution in [1.29, 1.82) is 0 Å². The molecule has 2 aromatic carbocycles. The highest BCUT2D eigenvalue weighted by Gasteiger charge is 2.34. The zero-order valence-electron chi connectivity index (χ0n) is 18.6. The number of benzene rings is 2. The van der Waals surface area contributed by atoms with Crippen LogP contribution in [0.15, 0.2) is 59.8 Å². The summed E-state index contributed by atoms with van der Waals surface area (Å²) in [4.78, 5) is 28.7. The molecule has 1 aliphatic heterocycles. The summed E-state index contributed by atoms with van der Waals surface area (Å²) < 4.78 is 2.15. The van der Waals surface area contributed by atoms with Gasteiger partial charge in [0, 0.05) is 12.3 Å². The van der Waals surface area contributed by atoms with Gasteiger partial charge < -0.3 is 4.57 Å². The largest absolute Gasteiger partial charge is 0.300 e. The molecule has 166 valence electrons. The summed E-state index contributed by atoms with van der Waals surface area (Å²) in [6, 6.07) is 17.4. The minimum Gasteiger partial charge on any atom is -0.300 e. The molecule has 0 N–H and O–H groups in total. The summed E-state index contributed by atoms with van der Waals surface area (Å²) in [6.07, 6.45) is 0.916. The molecule has 0 unspecified atom stereocenters. The van der Waals surface area contributed by atoms with Gasteiger partial charge in [0.2, 0.25) is 0 Å². The number of hydrogen-bond donors (Lipinski definition) is 0. The molecule has 8 heteroatoms. The van der Waals surface area contributed by atoms with Crippen LogP contribution in [0.1, 0.15) is 51.5 Å². The van der Waals surface area contributed by atoms with E-state index in [4.69, 9.17) is 0 Å². The molecule has 1 aliphatic rings. The van der Waals surface area contributed by atoms with Crippen molar-refractivity contribution in [3.63, 3.8) is 0 Å². The molecule has 7 nitrogen and oxygen atoms in total. The van der Waals surface area contributed by atoms with E-state index in [9.17, 15) is 9.59 Å². The number of thioether (sulfide) groups is 1. The molecule has 2 amide bonds. The number of rotatable bonds is 9. The Morgan fingerprint density at radius 3 is 2.16 bits per heavy atom. The third kappa shape index (κ3) is 4.33. The molecule has 0 fully saturated rings. The van der Waals surface area contributed by atoms with Crippen LogP contribution in [0.5, 0.6) is 0 Å². The second-order valence-corrected chi connectivity index (χ2v) is 9.02. The standard InChI is InChI=1S/C24H27N5O2S/c1-4-20(27(2)3)21-25-26-24(29(21)16-17-10-6-5-7-11-17)32-15-14-28-22(30)18-12-8-9-13-19(18)23(28)31/h5-13,20H,4,14-16H2,1-3H3/t20-/m0/s1. The fraction of sp³-hybridized carbons (Fsp3) is 0.333. The molecule has 0 radical (unpaired) electrons. The van der Waals surface area contributed by atoms with Gasteiger partial charge in [0.15, 0.2) is 11.0 Å². The summed E-state index contributed by atoms with van der Waals surface area (Å²) in [7, 11) is 4.09. The maximum atomic E-state index is 12.6. The fourth-order valence-electron chi connectivity index (χ4n) is 4.02. The minimum absolute atomic E-state index is 0.150. The predicted octanol–water partition coefficient (Wildman–Crippen LogP) is 3.73. The summed E-state index contributed by atoms with van der Waals surface area (Å²) in [5, 5.41) is 9.78. The summed E-state index contributed by atoms with van der Waals surface area (Å²) in [6.45, 7) is 3.14. The highest BCUT2D eigenvalue weighted by Crippen LogP contribution is 2.27. The molecular weight excluding hydrogens is 422 g/mol. The van der Waals surface area contributed by atoms with Crippen molar-refractivity contribution in [3.8, 4) is 0 Å². The van der Waals surface area contributed by atoms with Crippen LogP contribution in [0.2, 0.25) is 0 Å². The van der Waals surface area contributed by atoms with E-state index in [0.717, 1.165) is 17.4 Å². The fourth-order valence-corrected chi connectivity index (χ4v) is 4.89. The summed E-state index contributed by atoms with van der Waals surface area (Å²) in [5.74, 6) is 1.02. The topological polar surface area (TPSA) is 71.3 Å². The van der Waals surface area contributed by atoms with Gasteiger partial charge in [0.1, 0.15) is 0 Å². The third-order valence-electron chi connectivity index (χ3n) is 5.66. The van der Waals surface area contributed by atoms with Gasteiger partial charge in [-0.15, -0.1) is 10.2 Å². The molecule has 0 bridgehead atoms. The SMILES string of the molecule is CC[C@@H](c1nnc(SCCN2C(=O)c3ccccc3C2=O)n1Cc1ccccc1)N(C)C. The Labute approximate surface area is 192 Å². The van der Waals surface area contributed by atoms with E-state index in [1.54, 1.807) is 24.3 Å². The van der Waals surface area contributed by atoms with Crippen LogP contribution in [0.25, 0.3) is 0 Å². The Hall–Kier alpha value is -2.97. The molecular formula is C24H27N5O2S. The Balaban J connectivity index is 1.52. The van der Waals surface area contributed by atoms with Crippen molar-refractivity contribution in [1.82, 2.24) is 24.6 Å². The number of amides is 2. The lowest BCUT2D eigenvalue weighted by Gasteiger charge is -2.23. The zero-order valence-corrected chi connectivity index (χ0v) is 19.4. The number of carbonyl (C=O) groups is 2. The van der Waals surface area contributed by atoms with E-state index >= 15 is 0 Å². The van der Waals surface area contributed by atoms with E-state index in [0.29, 0.717) is 30.0 Å². The lowest BCUT2D eigenvalue weighted by atomic mass is 10.1. The number of aromatic nitrogens is 3. The van der Waals surface area contributed by atoms with E-state index in [1.807, 2.05) is 32.3 Å². The average molecular weight is 450 g/mol. The highest BCUT2D eigenvalue weighted by molar-refractivity contribution is 7.99. The maximum Gasteiger partial charge on any atom is 0.261 e. The molecule has 1 aromatic heterocycles. The number of nitrogens with zero attached hydrogens (tertiary/aromatic N) is 5. The number of hydrogen-bond acceptors (Lipinski definition) is 6. The smallest absolute Gasteiger partial charge is 0.261 e. The Morgan fingerprint density at radius 1 is 0.938 bits per heavy atom. The van der Waals surface area contributed by atoms with Crippen molar-refractivity contribution in [2.75, 3.05) is 26.4 Å². The molecule has 2 heterocycles. The molecule has 32 heavy (non-hydrogen) atoms. The number of fused-ring (bicyclic) bond motifs is 1. The normalized spacial score (nSPS) is 14.3. The van der Waals surface area contributed by atoms with E-state index in [2.05, 4.69) is 38.7 Å². The first-order valence-electron chi connectivity index (χ1n) is 10.7. The van der Waals surface area contributed by atoms with Crippen molar-refractivity contribution in [2.45, 2.75) is 31.1 Å². The molecule has 0 saturated heterocycles. The van der Waals surface area contributed by atoms with Crippen LogP contribution >= 0.6 is 11.8 Å². The number of carbonyl (C=O) groups excluding carboxylic acids is 2. The highest BCUT2D eigenvalue weighted by atomic mass is 32.2. The minimum atomic E-state index is -0.226. The molecule has 3 aromatic rings. The van der Waals surface area contributed by atoms with Crippen LogP contribution in [-0.2, 0) is 6.54 Å². The van der Waals surface area contributed by atoms with Gasteiger partial charge in [0.25, 0.3) is 11.8 Å². The van der Waals surface area contributed by atoms with Crippen molar-refractivity contribution in [3.05, 3.63) is 77.1 Å². The van der Waals surface area contributed by atoms with E-state index in [-0.39, 0.29) is 17.9 Å². The van der Waals surface area contributed by atoms with Crippen molar-refractivity contribution >= 4 is 23.6 Å². The molecule has 0 aliphatic carbocycles. The average Bonchev–Trinajstić information content (AvgIpc) is 3.29. The Kier molecular flexibility index (Phi) is 6.72. The second kappa shape index (κ2) is 9.67. The molecule has 0 saturated carbocycles. The van der Waals surface area contributed by atoms with Gasteiger partial charge in [-0.25, -0.2) is 0 Å². The summed E-state index contributed by atoms with van der Waals surface area (Å²) in [5.41, 5.74) is 2.13. The molecule has 1 atom stereocenters. The van der Waals surface area contributed by atoms with Crippen LogP contribution in [0.3, 0.4) is 0 Å². The number of imide groups is 1. The quantitative estimate of drug-likeness (QED) is 0.366. The second-order valence-electron chi connectivity index (χ2n) is 7.96. The monoisotopic (exact) mass is 449 g/mol. The molecule has 0 spiro atoms. The van der Waals surface area contributed by atoms with E-state index < -0.39 is 0 Å². The summed E-state index contributed by atoms with van der Waals surface area (Å²) >= 11 is 1.52. The van der Waals surface area contributed by atoms with Crippen LogP contribution in [-0.4, -0.2) is 62.8 Å². The lowest BCUT2D eigenvalue weighted by molar-refractivity contribution is 0.0664. The van der Waals surface area contributed by atoms with Gasteiger partial charge in [-0.05, 0) is 38.2 Å². The zero-order chi connectivity index (χ0) is 22.7. The van der Waals surface area contributed by atoms with Gasteiger partial charge in [0.05, 0.1) is 23.7 Å². The lowest BCUT2D eigenvalue weighted by Crippen LogP contribution is -2.31. The first kappa shape index (κ1) is 22.2. The van der Waals surface area contributed by atoms with Crippen LogP contribution < -0.4 is 0 Å². The van der Waals surface area contributed by atoms with E-state index in [1.165, 1.54) is 22.2 Å². The van der Waals surface area contributed by atoms with Crippen molar-refractivity contribution < 1.29 is 9.59 Å². The predicted molar refractivity (Wildman–Crippen MR) is 125 cm³/mol. The van der Waals surface area contributed by atoms with Crippen LogP contribution in [0, 0.1) is 0 Å². The molecule has 4 rings (SSSR count). The first-order chi connectivity index (χ1) is 15.5. The van der Waals surface area contributed by atoms with Gasteiger partial charge in [-0.2, -0.15) is 0 Å². The van der Waals surface area contributed by atoms with Gasteiger partial charge in [-0.1, -0.05) is 61.2 Å².